The highest BCUT2D eigenvalue weighted by molar-refractivity contribution is 7.49. The first-order valence-corrected chi connectivity index (χ1v) is 12.0. The van der Waals surface area contributed by atoms with Gasteiger partial charge in [-0.2, -0.15) is 0 Å². The van der Waals surface area contributed by atoms with Crippen LogP contribution in [0, 0.1) is 0 Å². The molecule has 0 aromatic carbocycles. The van der Waals surface area contributed by atoms with Crippen LogP contribution in [-0.4, -0.2) is 27.7 Å². The summed E-state index contributed by atoms with van der Waals surface area (Å²) in [5, 5.41) is 0. The summed E-state index contributed by atoms with van der Waals surface area (Å²) in [6.07, 6.45) is 6.95. The Hall–Kier alpha value is 0.800. The summed E-state index contributed by atoms with van der Waals surface area (Å²) >= 11 is 11.1. The van der Waals surface area contributed by atoms with Crippen molar-refractivity contribution in [1.29, 1.82) is 0 Å². The van der Waals surface area contributed by atoms with E-state index in [1.54, 1.807) is 0 Å². The van der Waals surface area contributed by atoms with Crippen LogP contribution in [0.2, 0.25) is 0 Å². The summed E-state index contributed by atoms with van der Waals surface area (Å²) in [7, 11) is -9.33. The predicted octanol–water partition coefficient (Wildman–Crippen LogP) is 5.50. The van der Waals surface area contributed by atoms with Crippen LogP contribution in [0.3, 0.4) is 0 Å². The fourth-order valence-electron chi connectivity index (χ4n) is 1.79. The third-order valence-corrected chi connectivity index (χ3v) is 5.65. The highest BCUT2D eigenvalue weighted by atomic mass is 35.5. The number of rotatable bonds is 16. The van der Waals surface area contributed by atoms with Crippen molar-refractivity contribution in [2.75, 3.05) is 13.2 Å². The zero-order valence-corrected chi connectivity index (χ0v) is 17.9. The summed E-state index contributed by atoms with van der Waals surface area (Å²) in [5.74, 6) is 0. The second kappa shape index (κ2) is 13.1. The molecule has 0 atom stereocenters. The van der Waals surface area contributed by atoms with Crippen LogP contribution in [0.4, 0.5) is 0 Å². The molecule has 0 heterocycles. The van der Waals surface area contributed by atoms with E-state index in [4.69, 9.17) is 46.6 Å². The molecule has 0 radical (unpaired) electrons. The largest absolute Gasteiger partial charge is 0.479 e. The molecule has 25 heavy (non-hydrogen) atoms. The second-order valence-corrected chi connectivity index (χ2v) is 9.32. The molecule has 0 amide bonds. The maximum atomic E-state index is 12.6. The molecule has 0 bridgehead atoms. The fraction of sp³-hybridized carbons (Fsp3) is 1.00. The summed E-state index contributed by atoms with van der Waals surface area (Å²) in [4.78, 5) is 17.5. The lowest BCUT2D eigenvalue weighted by Crippen LogP contribution is -2.21. The molecule has 0 fully saturated rings. The van der Waals surface area contributed by atoms with E-state index >= 15 is 0 Å². The van der Waals surface area contributed by atoms with Gasteiger partial charge < -0.3 is 9.79 Å². The highest BCUT2D eigenvalue weighted by Gasteiger charge is 2.44. The molecule has 0 aromatic heterocycles. The molecule has 8 nitrogen and oxygen atoms in total. The van der Waals surface area contributed by atoms with E-state index in [0.717, 1.165) is 38.5 Å². The van der Waals surface area contributed by atoms with Gasteiger partial charge in [-0.1, -0.05) is 52.4 Å². The van der Waals surface area contributed by atoms with Crippen LogP contribution in [0.5, 0.6) is 0 Å². The Kier molecular flexibility index (Phi) is 13.5. The molecule has 12 heteroatoms. The van der Waals surface area contributed by atoms with Gasteiger partial charge in [-0.05, 0) is 36.0 Å². The van der Waals surface area contributed by atoms with Crippen LogP contribution in [-0.2, 0) is 27.2 Å². The van der Waals surface area contributed by atoms with Crippen LogP contribution in [0.1, 0.15) is 65.2 Å². The number of phosphoric acid groups is 2. The van der Waals surface area contributed by atoms with E-state index in [-0.39, 0.29) is 13.2 Å². The van der Waals surface area contributed by atoms with Gasteiger partial charge in [0, 0.05) is 0 Å². The maximum absolute atomic E-state index is 12.6. The number of unbranched alkanes of at least 4 members (excludes halogenated alkanes) is 6. The predicted molar refractivity (Wildman–Crippen MR) is 96.4 cm³/mol. The average molecular weight is 445 g/mol. The third-order valence-electron chi connectivity index (χ3n) is 2.94. The van der Waals surface area contributed by atoms with Gasteiger partial charge in [0.1, 0.15) is 0 Å². The van der Waals surface area contributed by atoms with Crippen molar-refractivity contribution in [2.24, 2.45) is 0 Å². The van der Waals surface area contributed by atoms with Crippen molar-refractivity contribution >= 4 is 38.8 Å². The van der Waals surface area contributed by atoms with E-state index in [9.17, 15) is 9.13 Å². The Morgan fingerprint density at radius 1 is 0.800 bits per heavy atom. The Labute approximate surface area is 159 Å². The first-order valence-electron chi connectivity index (χ1n) is 8.27. The Bertz CT molecular complexity index is 426. The minimum absolute atomic E-state index is 0.0615. The molecule has 0 aromatic rings. The first-order chi connectivity index (χ1) is 11.5. The van der Waals surface area contributed by atoms with Crippen molar-refractivity contribution in [3.8, 4) is 0 Å². The Balaban J connectivity index is 4.68. The van der Waals surface area contributed by atoms with Crippen LogP contribution >= 0.6 is 38.8 Å². The summed E-state index contributed by atoms with van der Waals surface area (Å²) in [5.41, 5.74) is 0. The van der Waals surface area contributed by atoms with Gasteiger partial charge in [-0.25, -0.2) is 18.2 Å². The number of hydrogen-bond acceptors (Lipinski definition) is 6. The Morgan fingerprint density at radius 3 is 1.60 bits per heavy atom. The standard InChI is InChI=1S/C13H28Cl2O8P2/c1-3-5-7-9-11-20-25(19,21-12-10-8-6-4-2)23-13(14,15)22-24(16,17)18/h3-12H2,1-2H3,(H2,16,17,18). The van der Waals surface area contributed by atoms with Gasteiger partial charge in [0.15, 0.2) is 0 Å². The number of hydrogen-bond donors (Lipinski definition) is 2. The molecule has 0 saturated carbocycles. The lowest BCUT2D eigenvalue weighted by Gasteiger charge is -2.25. The van der Waals surface area contributed by atoms with Crippen LogP contribution in [0.25, 0.3) is 0 Å². The number of alkyl halides is 2. The molecular weight excluding hydrogens is 417 g/mol. The van der Waals surface area contributed by atoms with Crippen LogP contribution < -0.4 is 0 Å². The monoisotopic (exact) mass is 444 g/mol. The zero-order chi connectivity index (χ0) is 19.4. The van der Waals surface area contributed by atoms with Gasteiger partial charge in [0.2, 0.25) is 0 Å². The lowest BCUT2D eigenvalue weighted by molar-refractivity contribution is -0.0224. The van der Waals surface area contributed by atoms with E-state index in [1.165, 1.54) is 0 Å². The highest BCUT2D eigenvalue weighted by Crippen LogP contribution is 2.58. The summed E-state index contributed by atoms with van der Waals surface area (Å²) in [6.45, 7) is 4.21. The molecule has 152 valence electrons. The minimum atomic E-state index is -5.08. The third kappa shape index (κ3) is 15.5. The van der Waals surface area contributed by atoms with E-state index in [0.29, 0.717) is 12.8 Å². The van der Waals surface area contributed by atoms with Gasteiger partial charge in [-0.3, -0.25) is 9.05 Å². The van der Waals surface area contributed by atoms with Crippen molar-refractivity contribution in [2.45, 2.75) is 69.9 Å². The second-order valence-electron chi connectivity index (χ2n) is 5.37. The fourth-order valence-corrected chi connectivity index (χ4v) is 4.39. The van der Waals surface area contributed by atoms with Gasteiger partial charge in [0.25, 0.3) is 0 Å². The molecule has 2 N–H and O–H groups in total. The molecule has 0 rings (SSSR count). The van der Waals surface area contributed by atoms with Gasteiger partial charge in [-0.15, -0.1) is 0 Å². The summed E-state index contributed by atoms with van der Waals surface area (Å²) < 4.78 is 39.7. The quantitative estimate of drug-likeness (QED) is 0.139. The van der Waals surface area contributed by atoms with Crippen molar-refractivity contribution in [1.82, 2.24) is 0 Å². The van der Waals surface area contributed by atoms with Gasteiger partial charge in [0.05, 0.1) is 13.2 Å². The molecule has 0 saturated heterocycles. The van der Waals surface area contributed by atoms with E-state index < -0.39 is 20.4 Å². The first kappa shape index (κ1) is 25.8. The average Bonchev–Trinajstić information content (AvgIpc) is 2.43. The lowest BCUT2D eigenvalue weighted by atomic mass is 10.2. The van der Waals surface area contributed by atoms with Crippen molar-refractivity contribution in [3.63, 3.8) is 0 Å². The zero-order valence-electron chi connectivity index (χ0n) is 14.6. The molecule has 0 spiro atoms. The SMILES string of the molecule is CCCCCCOP(=O)(OCCCCCC)OC(Cl)(Cl)OP(=O)(O)O. The molecule has 0 aliphatic carbocycles. The Morgan fingerprint density at radius 2 is 1.24 bits per heavy atom. The number of phosphoric ester groups is 2. The van der Waals surface area contributed by atoms with Crippen LogP contribution in [0.15, 0.2) is 0 Å². The molecule has 0 aliphatic rings. The van der Waals surface area contributed by atoms with Crippen molar-refractivity contribution < 1.29 is 37.0 Å². The van der Waals surface area contributed by atoms with E-state index in [1.807, 2.05) is 13.8 Å². The van der Waals surface area contributed by atoms with Gasteiger partial charge >= 0.3 is 20.4 Å². The summed E-state index contributed by atoms with van der Waals surface area (Å²) in [6, 6.07) is 0. The molecule has 0 aliphatic heterocycles. The maximum Gasteiger partial charge on any atom is 0.479 e. The topological polar surface area (TPSA) is 112 Å². The smallest absolute Gasteiger partial charge is 0.303 e. The molecular formula is C13H28Cl2O8P2. The van der Waals surface area contributed by atoms with Crippen molar-refractivity contribution in [3.05, 3.63) is 0 Å². The molecule has 0 unspecified atom stereocenters. The van der Waals surface area contributed by atoms with E-state index in [2.05, 4.69) is 4.52 Å². The minimum Gasteiger partial charge on any atom is -0.303 e. The number of halogens is 2. The normalized spacial score (nSPS) is 13.4.